The highest BCUT2D eigenvalue weighted by Gasteiger charge is 2.24. The number of aryl methyl sites for hydroxylation is 1. The van der Waals surface area contributed by atoms with Crippen LogP contribution in [0, 0.1) is 24.1 Å². The topological polar surface area (TPSA) is 123 Å². The van der Waals surface area contributed by atoms with E-state index >= 15 is 0 Å². The molecule has 1 aromatic carbocycles. The zero-order valence-electron chi connectivity index (χ0n) is 17.3. The number of benzene rings is 1. The van der Waals surface area contributed by atoms with Gasteiger partial charge in [-0.1, -0.05) is 18.5 Å². The molecule has 3 rings (SSSR count). The fourth-order valence-electron chi connectivity index (χ4n) is 3.57. The lowest BCUT2D eigenvalue weighted by molar-refractivity contribution is 0.0993. The van der Waals surface area contributed by atoms with Gasteiger partial charge in [0.15, 0.2) is 0 Å². The van der Waals surface area contributed by atoms with Crippen LogP contribution in [0.4, 0.5) is 4.39 Å². The van der Waals surface area contributed by atoms with Crippen molar-refractivity contribution in [3.05, 3.63) is 58.0 Å². The van der Waals surface area contributed by atoms with Crippen molar-refractivity contribution in [3.63, 3.8) is 0 Å². The number of carbonyl (C=O) groups excluding carboxylic acids is 1. The lowest BCUT2D eigenvalue weighted by atomic mass is 10.1. The van der Waals surface area contributed by atoms with E-state index in [0.717, 1.165) is 0 Å². The molecular weight excluding hydrogens is 423 g/mol. The largest absolute Gasteiger partial charge is 0.392 e. The van der Waals surface area contributed by atoms with Crippen LogP contribution in [0.25, 0.3) is 11.3 Å². The number of nitriles is 1. The first-order valence-corrected chi connectivity index (χ1v) is 9.98. The van der Waals surface area contributed by atoms with Crippen LogP contribution >= 0.6 is 11.6 Å². The van der Waals surface area contributed by atoms with Crippen LogP contribution in [0.15, 0.2) is 24.4 Å². The summed E-state index contributed by atoms with van der Waals surface area (Å²) in [7, 11) is 0. The number of hydrogen-bond donors (Lipinski definition) is 2. The number of aliphatic hydroxyl groups is 1. The molecule has 0 aliphatic rings. The molecule has 8 nitrogen and oxygen atoms in total. The number of nitrogens with two attached hydrogens (primary N) is 1. The minimum Gasteiger partial charge on any atom is -0.392 e. The summed E-state index contributed by atoms with van der Waals surface area (Å²) in [5, 5.41) is 23.3. The van der Waals surface area contributed by atoms with E-state index in [9.17, 15) is 14.3 Å². The van der Waals surface area contributed by atoms with Crippen LogP contribution in [-0.2, 0) is 13.1 Å². The summed E-state index contributed by atoms with van der Waals surface area (Å²) < 4.78 is 17.5. The fraction of sp³-hybridized carbons (Fsp3) is 0.333. The Kier molecular flexibility index (Phi) is 6.43. The second-order valence-corrected chi connectivity index (χ2v) is 7.87. The second-order valence-electron chi connectivity index (χ2n) is 7.47. The molecule has 0 radical (unpaired) electrons. The molecule has 3 aromatic rings. The Morgan fingerprint density at radius 3 is 2.68 bits per heavy atom. The molecule has 2 aromatic heterocycles. The van der Waals surface area contributed by atoms with Crippen molar-refractivity contribution in [2.24, 2.45) is 5.73 Å². The number of halogens is 2. The number of nitrogens with zero attached hydrogens (tertiary/aromatic N) is 5. The summed E-state index contributed by atoms with van der Waals surface area (Å²) in [4.78, 5) is 16.2. The minimum absolute atomic E-state index is 0.0176. The van der Waals surface area contributed by atoms with Crippen LogP contribution in [0.3, 0.4) is 0 Å². The molecular formula is C21H22ClFN6O2. The maximum Gasteiger partial charge on any atom is 0.269 e. The first-order valence-electron chi connectivity index (χ1n) is 9.60. The molecule has 2 atom stereocenters. The molecule has 1 amide bonds. The average Bonchev–Trinajstić information content (AvgIpc) is 3.26. The summed E-state index contributed by atoms with van der Waals surface area (Å²) in [5.74, 6) is -0.980. The van der Waals surface area contributed by atoms with Crippen LogP contribution in [0.1, 0.15) is 47.3 Å². The Hall–Kier alpha value is -3.22. The van der Waals surface area contributed by atoms with Gasteiger partial charge in [-0.15, -0.1) is 0 Å². The zero-order valence-corrected chi connectivity index (χ0v) is 18.1. The summed E-state index contributed by atoms with van der Waals surface area (Å²) in [5.41, 5.74) is 7.03. The van der Waals surface area contributed by atoms with Gasteiger partial charge < -0.3 is 15.4 Å². The number of carbonyl (C=O) groups is 1. The molecule has 0 aliphatic carbocycles. The molecule has 0 aliphatic heterocycles. The number of imidazole rings is 1. The third-order valence-corrected chi connectivity index (χ3v) is 5.19. The molecule has 0 bridgehead atoms. The summed E-state index contributed by atoms with van der Waals surface area (Å²) in [6, 6.07) is 6.14. The molecule has 0 unspecified atom stereocenters. The number of hydrogen-bond acceptors (Lipinski definition) is 5. The molecule has 31 heavy (non-hydrogen) atoms. The van der Waals surface area contributed by atoms with Gasteiger partial charge in [0, 0.05) is 30.8 Å². The number of aromatic nitrogens is 4. The van der Waals surface area contributed by atoms with Gasteiger partial charge in [-0.05, 0) is 32.0 Å². The SMILES string of the molecule is Cc1nc(C(N)=O)c([C@@H](C)Cn2ccc(-c3cc(F)c(C#N)c(Cl)c3)n2)n1C[C@@H](C)O. The standard InChI is InChI=1S/C21H22ClFN6O2/c1-11(20-19(21(25)31)26-13(3)29(20)10-12(2)30)9-28-5-4-18(27-28)14-6-16(22)15(8-24)17(23)7-14/h4-7,11-12,30H,9-10H2,1-3H3,(H2,25,31)/t11-,12+/m0/s1. The lowest BCUT2D eigenvalue weighted by Gasteiger charge is -2.18. The van der Waals surface area contributed by atoms with E-state index in [1.165, 1.54) is 12.1 Å². The van der Waals surface area contributed by atoms with Crippen LogP contribution in [0.5, 0.6) is 0 Å². The smallest absolute Gasteiger partial charge is 0.269 e. The van der Waals surface area contributed by atoms with Crippen molar-refractivity contribution in [3.8, 4) is 17.3 Å². The molecule has 0 fully saturated rings. The first-order chi connectivity index (χ1) is 14.6. The van der Waals surface area contributed by atoms with E-state index in [1.807, 2.05) is 6.92 Å². The zero-order chi connectivity index (χ0) is 22.9. The number of rotatable bonds is 7. The molecule has 2 heterocycles. The highest BCUT2D eigenvalue weighted by atomic mass is 35.5. The van der Waals surface area contributed by atoms with Gasteiger partial charge in [0.25, 0.3) is 5.91 Å². The van der Waals surface area contributed by atoms with Gasteiger partial charge in [0.2, 0.25) is 0 Å². The Morgan fingerprint density at radius 2 is 2.10 bits per heavy atom. The highest BCUT2D eigenvalue weighted by Crippen LogP contribution is 2.28. The van der Waals surface area contributed by atoms with Gasteiger partial charge in [0.1, 0.15) is 29.0 Å². The maximum atomic E-state index is 14.1. The van der Waals surface area contributed by atoms with Gasteiger partial charge in [0.05, 0.1) is 22.5 Å². The predicted octanol–water partition coefficient (Wildman–Crippen LogP) is 3.00. The van der Waals surface area contributed by atoms with Crippen LogP contribution in [0.2, 0.25) is 5.02 Å². The normalized spacial score (nSPS) is 13.1. The summed E-state index contributed by atoms with van der Waals surface area (Å²) in [6.07, 6.45) is 1.09. The third kappa shape index (κ3) is 4.60. The predicted molar refractivity (Wildman–Crippen MR) is 113 cm³/mol. The molecule has 0 saturated heterocycles. The number of primary amides is 1. The number of amides is 1. The highest BCUT2D eigenvalue weighted by molar-refractivity contribution is 6.32. The van der Waals surface area contributed by atoms with E-state index in [0.29, 0.717) is 29.3 Å². The molecule has 162 valence electrons. The quantitative estimate of drug-likeness (QED) is 0.579. The van der Waals surface area contributed by atoms with Gasteiger partial charge in [-0.25, -0.2) is 9.37 Å². The summed E-state index contributed by atoms with van der Waals surface area (Å²) in [6.45, 7) is 5.97. The first kappa shape index (κ1) is 22.5. The Balaban J connectivity index is 1.91. The minimum atomic E-state index is -0.712. The summed E-state index contributed by atoms with van der Waals surface area (Å²) >= 11 is 5.99. The van der Waals surface area contributed by atoms with Gasteiger partial charge >= 0.3 is 0 Å². The molecule has 0 spiro atoms. The van der Waals surface area contributed by atoms with E-state index in [1.54, 1.807) is 41.4 Å². The van der Waals surface area contributed by atoms with Crippen molar-refractivity contribution >= 4 is 17.5 Å². The monoisotopic (exact) mass is 444 g/mol. The average molecular weight is 445 g/mol. The molecule has 10 heteroatoms. The van der Waals surface area contributed by atoms with E-state index in [2.05, 4.69) is 10.1 Å². The van der Waals surface area contributed by atoms with Crippen molar-refractivity contribution in [2.75, 3.05) is 0 Å². The fourth-order valence-corrected chi connectivity index (χ4v) is 3.82. The van der Waals surface area contributed by atoms with Gasteiger partial charge in [-0.2, -0.15) is 10.4 Å². The Labute approximate surface area is 183 Å². The maximum absolute atomic E-state index is 14.1. The van der Waals surface area contributed by atoms with Crippen molar-refractivity contribution in [1.82, 2.24) is 19.3 Å². The van der Waals surface area contributed by atoms with Crippen LogP contribution < -0.4 is 5.73 Å². The molecule has 0 saturated carbocycles. The Morgan fingerprint density at radius 1 is 1.39 bits per heavy atom. The number of aliphatic hydroxyl groups excluding tert-OH is 1. The van der Waals surface area contributed by atoms with E-state index in [4.69, 9.17) is 22.6 Å². The van der Waals surface area contributed by atoms with Crippen LogP contribution in [-0.4, -0.2) is 36.4 Å². The van der Waals surface area contributed by atoms with Crippen molar-refractivity contribution < 1.29 is 14.3 Å². The van der Waals surface area contributed by atoms with Crippen molar-refractivity contribution in [2.45, 2.75) is 45.9 Å². The van der Waals surface area contributed by atoms with E-state index in [-0.39, 0.29) is 28.7 Å². The van der Waals surface area contributed by atoms with Gasteiger partial charge in [-0.3, -0.25) is 9.48 Å². The Bertz CT molecular complexity index is 1150. The van der Waals surface area contributed by atoms with Crippen molar-refractivity contribution in [1.29, 1.82) is 5.26 Å². The van der Waals surface area contributed by atoms with E-state index < -0.39 is 17.8 Å². The third-order valence-electron chi connectivity index (χ3n) is 4.90. The second kappa shape index (κ2) is 8.88. The lowest BCUT2D eigenvalue weighted by Crippen LogP contribution is -2.22. The molecule has 3 N–H and O–H groups in total.